The lowest BCUT2D eigenvalue weighted by Gasteiger charge is -2.14. The molecule has 0 unspecified atom stereocenters. The Labute approximate surface area is 117 Å². The SMILES string of the molecule is COc1cc(-c2cc(C=O)ccn2)cc(OC)c1OC. The molecule has 2 aromatic rings. The number of rotatable bonds is 5. The number of pyridine rings is 1. The first kappa shape index (κ1) is 13.9. The molecule has 0 saturated heterocycles. The number of carbonyl (C=O) groups excluding carboxylic acids is 1. The van der Waals surface area contributed by atoms with Crippen LogP contribution in [0.5, 0.6) is 17.2 Å². The van der Waals surface area contributed by atoms with Crippen LogP contribution in [0.1, 0.15) is 10.4 Å². The van der Waals surface area contributed by atoms with E-state index in [9.17, 15) is 4.79 Å². The minimum absolute atomic E-state index is 0.519. The Hall–Kier alpha value is -2.56. The fraction of sp³-hybridized carbons (Fsp3) is 0.200. The Morgan fingerprint density at radius 2 is 1.65 bits per heavy atom. The molecule has 0 atom stereocenters. The topological polar surface area (TPSA) is 57.7 Å². The summed E-state index contributed by atoms with van der Waals surface area (Å²) in [5.74, 6) is 1.60. The summed E-state index contributed by atoms with van der Waals surface area (Å²) >= 11 is 0. The van der Waals surface area contributed by atoms with E-state index in [0.29, 0.717) is 28.5 Å². The first-order valence-corrected chi connectivity index (χ1v) is 5.95. The zero-order valence-corrected chi connectivity index (χ0v) is 11.5. The van der Waals surface area contributed by atoms with E-state index in [0.717, 1.165) is 11.8 Å². The molecule has 0 radical (unpaired) electrons. The summed E-state index contributed by atoms with van der Waals surface area (Å²) in [6, 6.07) is 6.93. The quantitative estimate of drug-likeness (QED) is 0.784. The molecule has 104 valence electrons. The lowest BCUT2D eigenvalue weighted by Crippen LogP contribution is -1.96. The molecule has 0 saturated carbocycles. The number of methoxy groups -OCH3 is 3. The maximum absolute atomic E-state index is 10.8. The van der Waals surface area contributed by atoms with Gasteiger partial charge in [0.05, 0.1) is 27.0 Å². The van der Waals surface area contributed by atoms with Crippen LogP contribution in [0.2, 0.25) is 0 Å². The highest BCUT2D eigenvalue weighted by Crippen LogP contribution is 2.40. The highest BCUT2D eigenvalue weighted by atomic mass is 16.5. The van der Waals surface area contributed by atoms with Gasteiger partial charge in [0.25, 0.3) is 0 Å². The van der Waals surface area contributed by atoms with Gasteiger partial charge >= 0.3 is 0 Å². The molecular formula is C15H15NO4. The van der Waals surface area contributed by atoms with Crippen LogP contribution in [0.3, 0.4) is 0 Å². The van der Waals surface area contributed by atoms with Crippen LogP contribution in [0.4, 0.5) is 0 Å². The molecule has 0 N–H and O–H groups in total. The highest BCUT2D eigenvalue weighted by Gasteiger charge is 2.14. The Morgan fingerprint density at radius 3 is 2.15 bits per heavy atom. The molecule has 5 nitrogen and oxygen atoms in total. The molecule has 0 spiro atoms. The van der Waals surface area contributed by atoms with Gasteiger partial charge in [0, 0.05) is 17.3 Å². The van der Waals surface area contributed by atoms with Crippen LogP contribution in [0.15, 0.2) is 30.5 Å². The van der Waals surface area contributed by atoms with Crippen LogP contribution in [0, 0.1) is 0 Å². The van der Waals surface area contributed by atoms with E-state index >= 15 is 0 Å². The van der Waals surface area contributed by atoms with Gasteiger partial charge in [-0.1, -0.05) is 0 Å². The molecule has 1 aromatic heterocycles. The van der Waals surface area contributed by atoms with Gasteiger partial charge in [-0.15, -0.1) is 0 Å². The molecule has 0 fully saturated rings. The lowest BCUT2D eigenvalue weighted by molar-refractivity contribution is 0.112. The molecule has 1 heterocycles. The standard InChI is InChI=1S/C15H15NO4/c1-18-13-7-11(8-14(19-2)15(13)20-3)12-6-10(9-17)4-5-16-12/h4-9H,1-3H3. The molecule has 0 amide bonds. The number of benzene rings is 1. The number of nitrogens with zero attached hydrogens (tertiary/aromatic N) is 1. The average molecular weight is 273 g/mol. The average Bonchev–Trinajstić information content (AvgIpc) is 2.53. The number of ether oxygens (including phenoxy) is 3. The molecular weight excluding hydrogens is 258 g/mol. The van der Waals surface area contributed by atoms with Crippen molar-refractivity contribution in [2.75, 3.05) is 21.3 Å². The third-order valence-corrected chi connectivity index (χ3v) is 2.88. The molecule has 0 aliphatic heterocycles. The van der Waals surface area contributed by atoms with E-state index in [1.165, 1.54) is 0 Å². The van der Waals surface area contributed by atoms with Gasteiger partial charge in [0.15, 0.2) is 11.5 Å². The minimum atomic E-state index is 0.519. The van der Waals surface area contributed by atoms with Crippen molar-refractivity contribution in [2.45, 2.75) is 0 Å². The predicted molar refractivity (Wildman–Crippen MR) is 74.7 cm³/mol. The van der Waals surface area contributed by atoms with Crippen molar-refractivity contribution in [3.8, 4) is 28.5 Å². The molecule has 5 heteroatoms. The van der Waals surface area contributed by atoms with Crippen LogP contribution >= 0.6 is 0 Å². The van der Waals surface area contributed by atoms with Crippen molar-refractivity contribution in [2.24, 2.45) is 0 Å². The van der Waals surface area contributed by atoms with Crippen molar-refractivity contribution < 1.29 is 19.0 Å². The maximum atomic E-state index is 10.8. The summed E-state index contributed by atoms with van der Waals surface area (Å²) in [6.45, 7) is 0. The minimum Gasteiger partial charge on any atom is -0.493 e. The third kappa shape index (κ3) is 2.56. The largest absolute Gasteiger partial charge is 0.493 e. The van der Waals surface area contributed by atoms with E-state index in [1.807, 2.05) is 0 Å². The fourth-order valence-electron chi connectivity index (χ4n) is 1.91. The fourth-order valence-corrected chi connectivity index (χ4v) is 1.91. The zero-order chi connectivity index (χ0) is 14.5. The number of carbonyl (C=O) groups is 1. The van der Waals surface area contributed by atoms with Gasteiger partial charge in [-0.25, -0.2) is 0 Å². The molecule has 0 aliphatic carbocycles. The molecule has 0 aliphatic rings. The van der Waals surface area contributed by atoms with Gasteiger partial charge < -0.3 is 14.2 Å². The summed E-state index contributed by atoms with van der Waals surface area (Å²) in [5, 5.41) is 0. The Morgan fingerprint density at radius 1 is 1.00 bits per heavy atom. The Balaban J connectivity index is 2.59. The number of hydrogen-bond acceptors (Lipinski definition) is 5. The van der Waals surface area contributed by atoms with Gasteiger partial charge in [-0.3, -0.25) is 9.78 Å². The van der Waals surface area contributed by atoms with Gasteiger partial charge in [-0.05, 0) is 24.3 Å². The Kier molecular flexibility index (Phi) is 4.20. The second kappa shape index (κ2) is 6.06. The highest BCUT2D eigenvalue weighted by molar-refractivity contribution is 5.78. The predicted octanol–water partition coefficient (Wildman–Crippen LogP) is 2.59. The third-order valence-electron chi connectivity index (χ3n) is 2.88. The van der Waals surface area contributed by atoms with Crippen molar-refractivity contribution >= 4 is 6.29 Å². The van der Waals surface area contributed by atoms with E-state index in [-0.39, 0.29) is 0 Å². The summed E-state index contributed by atoms with van der Waals surface area (Å²) in [6.07, 6.45) is 2.37. The Bertz CT molecular complexity index is 600. The first-order valence-electron chi connectivity index (χ1n) is 5.95. The molecule has 0 bridgehead atoms. The van der Waals surface area contributed by atoms with Crippen molar-refractivity contribution in [3.05, 3.63) is 36.0 Å². The van der Waals surface area contributed by atoms with Crippen molar-refractivity contribution in [1.82, 2.24) is 4.98 Å². The summed E-state index contributed by atoms with van der Waals surface area (Å²) in [4.78, 5) is 15.1. The van der Waals surface area contributed by atoms with E-state index in [2.05, 4.69) is 4.98 Å². The van der Waals surface area contributed by atoms with Crippen LogP contribution < -0.4 is 14.2 Å². The smallest absolute Gasteiger partial charge is 0.203 e. The van der Waals surface area contributed by atoms with Crippen molar-refractivity contribution in [3.63, 3.8) is 0 Å². The van der Waals surface area contributed by atoms with E-state index < -0.39 is 0 Å². The van der Waals surface area contributed by atoms with Crippen LogP contribution in [-0.2, 0) is 0 Å². The second-order valence-corrected chi connectivity index (χ2v) is 4.01. The van der Waals surface area contributed by atoms with Crippen LogP contribution in [-0.4, -0.2) is 32.6 Å². The number of aldehydes is 1. The first-order chi connectivity index (χ1) is 9.73. The monoisotopic (exact) mass is 273 g/mol. The normalized spacial score (nSPS) is 9.95. The summed E-state index contributed by atoms with van der Waals surface area (Å²) < 4.78 is 15.9. The zero-order valence-electron chi connectivity index (χ0n) is 11.5. The molecule has 1 aromatic carbocycles. The molecule has 2 rings (SSSR count). The number of aromatic nitrogens is 1. The van der Waals surface area contributed by atoms with E-state index in [4.69, 9.17) is 14.2 Å². The summed E-state index contributed by atoms with van der Waals surface area (Å²) in [5.41, 5.74) is 2.00. The number of hydrogen-bond donors (Lipinski definition) is 0. The summed E-state index contributed by atoms with van der Waals surface area (Å²) in [7, 11) is 4.65. The van der Waals surface area contributed by atoms with Crippen molar-refractivity contribution in [1.29, 1.82) is 0 Å². The maximum Gasteiger partial charge on any atom is 0.203 e. The molecule has 20 heavy (non-hydrogen) atoms. The van der Waals surface area contributed by atoms with E-state index in [1.54, 1.807) is 51.8 Å². The second-order valence-electron chi connectivity index (χ2n) is 4.01. The van der Waals surface area contributed by atoms with Crippen LogP contribution in [0.25, 0.3) is 11.3 Å². The van der Waals surface area contributed by atoms with Gasteiger partial charge in [0.1, 0.15) is 6.29 Å². The van der Waals surface area contributed by atoms with Gasteiger partial charge in [-0.2, -0.15) is 0 Å². The van der Waals surface area contributed by atoms with Gasteiger partial charge in [0.2, 0.25) is 5.75 Å². The lowest BCUT2D eigenvalue weighted by atomic mass is 10.1.